The summed E-state index contributed by atoms with van der Waals surface area (Å²) >= 11 is 11.9. The van der Waals surface area contributed by atoms with Crippen molar-refractivity contribution in [3.05, 3.63) is 51.9 Å². The summed E-state index contributed by atoms with van der Waals surface area (Å²) in [5.41, 5.74) is 1.31. The van der Waals surface area contributed by atoms with Gasteiger partial charge < -0.3 is 19.7 Å². The summed E-state index contributed by atoms with van der Waals surface area (Å²) in [5.74, 6) is 0.383. The SMILES string of the molecule is COc1cc2ncc(C#N)c(Nc3ccc(Cl)c(Cl)c3F)c2cc1OC1CCN(C)CC1. The first-order valence-corrected chi connectivity index (χ1v) is 10.8. The van der Waals surface area contributed by atoms with Crippen molar-refractivity contribution in [2.75, 3.05) is 32.6 Å². The number of halogens is 3. The van der Waals surface area contributed by atoms with E-state index in [9.17, 15) is 9.65 Å². The average Bonchev–Trinajstić information content (AvgIpc) is 2.80. The minimum absolute atomic E-state index is 0.0496. The minimum Gasteiger partial charge on any atom is -0.493 e. The molecule has 1 saturated heterocycles. The zero-order chi connectivity index (χ0) is 22.8. The lowest BCUT2D eigenvalue weighted by Gasteiger charge is -2.29. The molecule has 1 N–H and O–H groups in total. The van der Waals surface area contributed by atoms with E-state index in [4.69, 9.17) is 32.7 Å². The molecule has 1 aromatic heterocycles. The number of pyridine rings is 1. The molecular weight excluding hydrogens is 454 g/mol. The highest BCUT2D eigenvalue weighted by molar-refractivity contribution is 6.42. The van der Waals surface area contributed by atoms with Crippen molar-refractivity contribution in [3.8, 4) is 17.6 Å². The monoisotopic (exact) mass is 474 g/mol. The Morgan fingerprint density at radius 1 is 1.22 bits per heavy atom. The highest BCUT2D eigenvalue weighted by Gasteiger charge is 2.22. The molecule has 4 rings (SSSR count). The molecule has 0 radical (unpaired) electrons. The molecule has 0 saturated carbocycles. The Hall–Kier alpha value is -2.79. The summed E-state index contributed by atoms with van der Waals surface area (Å²) in [7, 11) is 3.65. The Kier molecular flexibility index (Phi) is 6.56. The van der Waals surface area contributed by atoms with E-state index in [2.05, 4.69) is 28.3 Å². The van der Waals surface area contributed by atoms with Crippen LogP contribution in [-0.2, 0) is 0 Å². The molecule has 1 aliphatic rings. The minimum atomic E-state index is -0.704. The van der Waals surface area contributed by atoms with E-state index in [0.717, 1.165) is 25.9 Å². The van der Waals surface area contributed by atoms with E-state index in [1.54, 1.807) is 19.2 Å². The standard InChI is InChI=1S/C23H21Cl2FN4O2/c1-30-7-5-14(6-8-30)32-20-9-15-18(10-19(20)31-2)28-12-13(11-27)23(15)29-17-4-3-16(24)21(25)22(17)26/h3-4,9-10,12,14H,5-8H2,1-2H3,(H,28,29). The maximum absolute atomic E-state index is 14.7. The van der Waals surface area contributed by atoms with Gasteiger partial charge in [-0.3, -0.25) is 4.98 Å². The van der Waals surface area contributed by atoms with Crippen molar-refractivity contribution in [3.63, 3.8) is 0 Å². The normalized spacial score (nSPS) is 14.9. The molecule has 32 heavy (non-hydrogen) atoms. The smallest absolute Gasteiger partial charge is 0.166 e. The molecule has 6 nitrogen and oxygen atoms in total. The number of nitriles is 1. The molecule has 0 spiro atoms. The van der Waals surface area contributed by atoms with Crippen LogP contribution in [-0.4, -0.2) is 43.2 Å². The van der Waals surface area contributed by atoms with Crippen LogP contribution in [0.4, 0.5) is 15.8 Å². The lowest BCUT2D eigenvalue weighted by molar-refractivity contribution is 0.111. The Morgan fingerprint density at radius 2 is 1.97 bits per heavy atom. The Morgan fingerprint density at radius 3 is 2.66 bits per heavy atom. The van der Waals surface area contributed by atoms with Crippen LogP contribution in [0.2, 0.25) is 10.0 Å². The van der Waals surface area contributed by atoms with Crippen LogP contribution in [0.25, 0.3) is 10.9 Å². The van der Waals surface area contributed by atoms with Gasteiger partial charge in [0.2, 0.25) is 0 Å². The summed E-state index contributed by atoms with van der Waals surface area (Å²) < 4.78 is 26.5. The number of anilines is 2. The quantitative estimate of drug-likeness (QED) is 0.472. The van der Waals surface area contributed by atoms with Gasteiger partial charge in [0.25, 0.3) is 0 Å². The fourth-order valence-corrected chi connectivity index (χ4v) is 4.02. The van der Waals surface area contributed by atoms with Gasteiger partial charge in [-0.1, -0.05) is 23.2 Å². The van der Waals surface area contributed by atoms with Crippen LogP contribution >= 0.6 is 23.2 Å². The Bertz CT molecular complexity index is 1210. The third-order valence-electron chi connectivity index (χ3n) is 5.53. The van der Waals surface area contributed by atoms with Crippen molar-refractivity contribution < 1.29 is 13.9 Å². The number of hydrogen-bond donors (Lipinski definition) is 1. The van der Waals surface area contributed by atoms with Gasteiger partial charge in [-0.15, -0.1) is 0 Å². The molecule has 0 aliphatic carbocycles. The Balaban J connectivity index is 1.79. The van der Waals surface area contributed by atoms with Gasteiger partial charge in [0, 0.05) is 30.7 Å². The molecule has 0 unspecified atom stereocenters. The van der Waals surface area contributed by atoms with Crippen molar-refractivity contribution >= 4 is 45.5 Å². The van der Waals surface area contributed by atoms with Gasteiger partial charge >= 0.3 is 0 Å². The third-order valence-corrected chi connectivity index (χ3v) is 6.31. The maximum Gasteiger partial charge on any atom is 0.166 e. The van der Waals surface area contributed by atoms with Gasteiger partial charge in [0.05, 0.1) is 39.6 Å². The van der Waals surface area contributed by atoms with Crippen molar-refractivity contribution in [1.82, 2.24) is 9.88 Å². The summed E-state index contributed by atoms with van der Waals surface area (Å²) in [5, 5.41) is 13.1. The molecular formula is C23H21Cl2FN4O2. The van der Waals surface area contributed by atoms with Crippen LogP contribution in [0, 0.1) is 17.1 Å². The van der Waals surface area contributed by atoms with Gasteiger partial charge in [-0.25, -0.2) is 4.39 Å². The van der Waals surface area contributed by atoms with E-state index in [1.807, 2.05) is 0 Å². The van der Waals surface area contributed by atoms with Crippen LogP contribution in [0.3, 0.4) is 0 Å². The van der Waals surface area contributed by atoms with E-state index in [-0.39, 0.29) is 27.4 Å². The molecule has 9 heteroatoms. The third kappa shape index (κ3) is 4.40. The predicted octanol–water partition coefficient (Wildman–Crippen LogP) is 5.78. The summed E-state index contributed by atoms with van der Waals surface area (Å²) in [6.45, 7) is 1.90. The van der Waals surface area contributed by atoms with Crippen LogP contribution in [0.5, 0.6) is 11.5 Å². The molecule has 0 bridgehead atoms. The van der Waals surface area contributed by atoms with E-state index < -0.39 is 5.82 Å². The number of fused-ring (bicyclic) bond motifs is 1. The largest absolute Gasteiger partial charge is 0.493 e. The lowest BCUT2D eigenvalue weighted by Crippen LogP contribution is -2.35. The van der Waals surface area contributed by atoms with E-state index >= 15 is 0 Å². The molecule has 3 aromatic rings. The average molecular weight is 475 g/mol. The first-order valence-electron chi connectivity index (χ1n) is 10.1. The number of rotatable bonds is 5. The van der Waals surface area contributed by atoms with Gasteiger partial charge in [-0.05, 0) is 38.1 Å². The summed E-state index contributed by atoms with van der Waals surface area (Å²) in [6, 6.07) is 8.58. The van der Waals surface area contributed by atoms with Gasteiger partial charge in [0.15, 0.2) is 17.3 Å². The first-order chi connectivity index (χ1) is 15.4. The zero-order valence-electron chi connectivity index (χ0n) is 17.6. The van der Waals surface area contributed by atoms with Crippen molar-refractivity contribution in [2.45, 2.75) is 18.9 Å². The number of ether oxygens (including phenoxy) is 2. The first kappa shape index (κ1) is 22.4. The predicted molar refractivity (Wildman–Crippen MR) is 124 cm³/mol. The lowest BCUT2D eigenvalue weighted by atomic mass is 10.1. The highest BCUT2D eigenvalue weighted by atomic mass is 35.5. The van der Waals surface area contributed by atoms with E-state index in [1.165, 1.54) is 18.3 Å². The topological polar surface area (TPSA) is 70.4 Å². The van der Waals surface area contributed by atoms with Crippen LogP contribution in [0.1, 0.15) is 18.4 Å². The fourth-order valence-electron chi connectivity index (χ4n) is 3.71. The van der Waals surface area contributed by atoms with Crippen LogP contribution < -0.4 is 14.8 Å². The second-order valence-electron chi connectivity index (χ2n) is 7.65. The number of nitrogens with zero attached hydrogens (tertiary/aromatic N) is 3. The van der Waals surface area contributed by atoms with Crippen molar-refractivity contribution in [2.24, 2.45) is 0 Å². The van der Waals surface area contributed by atoms with Gasteiger partial charge in [-0.2, -0.15) is 5.26 Å². The molecule has 1 fully saturated rings. The van der Waals surface area contributed by atoms with Crippen molar-refractivity contribution in [1.29, 1.82) is 5.26 Å². The van der Waals surface area contributed by atoms with Gasteiger partial charge in [0.1, 0.15) is 12.2 Å². The number of benzene rings is 2. The number of methoxy groups -OCH3 is 1. The number of likely N-dealkylation sites (tertiary alicyclic amines) is 1. The van der Waals surface area contributed by atoms with Crippen LogP contribution in [0.15, 0.2) is 30.5 Å². The second-order valence-corrected chi connectivity index (χ2v) is 8.43. The number of piperidine rings is 1. The number of hydrogen-bond acceptors (Lipinski definition) is 6. The summed E-state index contributed by atoms with van der Waals surface area (Å²) in [4.78, 5) is 6.63. The fraction of sp³-hybridized carbons (Fsp3) is 0.304. The maximum atomic E-state index is 14.7. The zero-order valence-corrected chi connectivity index (χ0v) is 19.1. The number of aromatic nitrogens is 1. The molecule has 0 amide bonds. The molecule has 2 aromatic carbocycles. The molecule has 0 atom stereocenters. The second kappa shape index (κ2) is 9.37. The number of nitrogens with one attached hydrogen (secondary N) is 1. The Labute approximate surface area is 195 Å². The molecule has 1 aliphatic heterocycles. The molecule has 166 valence electrons. The highest BCUT2D eigenvalue weighted by Crippen LogP contribution is 2.39. The summed E-state index contributed by atoms with van der Waals surface area (Å²) in [6.07, 6.45) is 3.27. The molecule has 2 heterocycles. The van der Waals surface area contributed by atoms with E-state index in [0.29, 0.717) is 28.1 Å².